The minimum absolute atomic E-state index is 0.216. The van der Waals surface area contributed by atoms with Gasteiger partial charge in [-0.2, -0.15) is 0 Å². The number of oxime groups is 1. The third-order valence-electron chi connectivity index (χ3n) is 5.65. The van der Waals surface area contributed by atoms with Gasteiger partial charge in [0.2, 0.25) is 0 Å². The van der Waals surface area contributed by atoms with Gasteiger partial charge in [0.15, 0.2) is 0 Å². The SMILES string of the molecule is O/N=C1\[C@H]2CC[C@H](C2)[C@@H]1n1c2ccccc2c2ccccc21. The molecule has 110 valence electrons. The molecule has 3 nitrogen and oxygen atoms in total. The molecule has 0 radical (unpaired) electrons. The van der Waals surface area contributed by atoms with E-state index >= 15 is 0 Å². The predicted molar refractivity (Wildman–Crippen MR) is 88.5 cm³/mol. The van der Waals surface area contributed by atoms with E-state index in [0.29, 0.717) is 11.8 Å². The van der Waals surface area contributed by atoms with Gasteiger partial charge in [0.1, 0.15) is 0 Å². The van der Waals surface area contributed by atoms with Crippen LogP contribution in [0.2, 0.25) is 0 Å². The van der Waals surface area contributed by atoms with Gasteiger partial charge in [-0.15, -0.1) is 0 Å². The zero-order valence-corrected chi connectivity index (χ0v) is 12.3. The lowest BCUT2D eigenvalue weighted by Gasteiger charge is -2.26. The molecule has 0 aliphatic heterocycles. The van der Waals surface area contributed by atoms with Gasteiger partial charge in [0.05, 0.1) is 11.8 Å². The number of hydrogen-bond acceptors (Lipinski definition) is 2. The molecule has 1 heterocycles. The molecule has 0 saturated heterocycles. The van der Waals surface area contributed by atoms with Crippen molar-refractivity contribution in [3.8, 4) is 0 Å². The summed E-state index contributed by atoms with van der Waals surface area (Å²) in [7, 11) is 0. The van der Waals surface area contributed by atoms with E-state index in [1.54, 1.807) is 0 Å². The molecular formula is C19H18N2O. The summed E-state index contributed by atoms with van der Waals surface area (Å²) in [4.78, 5) is 0. The summed E-state index contributed by atoms with van der Waals surface area (Å²) in [6.45, 7) is 0. The molecule has 3 heteroatoms. The Morgan fingerprint density at radius 1 is 0.909 bits per heavy atom. The van der Waals surface area contributed by atoms with Gasteiger partial charge in [-0.05, 0) is 37.3 Å². The number of aromatic nitrogens is 1. The monoisotopic (exact) mass is 290 g/mol. The van der Waals surface area contributed by atoms with E-state index in [2.05, 4.69) is 58.3 Å². The molecule has 2 saturated carbocycles. The highest BCUT2D eigenvalue weighted by molar-refractivity contribution is 6.09. The van der Waals surface area contributed by atoms with Gasteiger partial charge in [-0.1, -0.05) is 41.6 Å². The quantitative estimate of drug-likeness (QED) is 0.516. The topological polar surface area (TPSA) is 37.5 Å². The second-order valence-electron chi connectivity index (χ2n) is 6.64. The molecule has 5 rings (SSSR count). The number of hydrogen-bond donors (Lipinski definition) is 1. The number of nitrogens with zero attached hydrogens (tertiary/aromatic N) is 2. The fourth-order valence-electron chi connectivity index (χ4n) is 4.79. The first-order chi connectivity index (χ1) is 10.9. The minimum Gasteiger partial charge on any atom is -0.411 e. The van der Waals surface area contributed by atoms with Crippen molar-refractivity contribution in [3.63, 3.8) is 0 Å². The minimum atomic E-state index is 0.216. The van der Waals surface area contributed by atoms with Crippen molar-refractivity contribution in [1.82, 2.24) is 4.57 Å². The number of fused-ring (bicyclic) bond motifs is 5. The van der Waals surface area contributed by atoms with Crippen molar-refractivity contribution in [2.24, 2.45) is 17.0 Å². The van der Waals surface area contributed by atoms with Crippen molar-refractivity contribution in [3.05, 3.63) is 48.5 Å². The van der Waals surface area contributed by atoms with Crippen LogP contribution < -0.4 is 0 Å². The summed E-state index contributed by atoms with van der Waals surface area (Å²) in [5.41, 5.74) is 3.49. The van der Waals surface area contributed by atoms with Gasteiger partial charge in [-0.3, -0.25) is 0 Å². The van der Waals surface area contributed by atoms with E-state index < -0.39 is 0 Å². The highest BCUT2D eigenvalue weighted by Crippen LogP contribution is 2.51. The van der Waals surface area contributed by atoms with E-state index in [1.165, 1.54) is 41.1 Å². The lowest BCUT2D eigenvalue weighted by molar-refractivity contribution is 0.308. The van der Waals surface area contributed by atoms with Gasteiger partial charge in [-0.25, -0.2) is 0 Å². The largest absolute Gasteiger partial charge is 0.411 e. The van der Waals surface area contributed by atoms with Gasteiger partial charge in [0, 0.05) is 27.7 Å². The van der Waals surface area contributed by atoms with Crippen molar-refractivity contribution in [1.29, 1.82) is 0 Å². The average molecular weight is 290 g/mol. The van der Waals surface area contributed by atoms with E-state index in [-0.39, 0.29) is 6.04 Å². The molecule has 2 aliphatic rings. The normalized spacial score (nSPS) is 29.1. The Hall–Kier alpha value is -2.29. The zero-order valence-electron chi connectivity index (χ0n) is 12.3. The first-order valence-electron chi connectivity index (χ1n) is 8.08. The van der Waals surface area contributed by atoms with Crippen LogP contribution in [0.4, 0.5) is 0 Å². The van der Waals surface area contributed by atoms with Crippen molar-refractivity contribution in [2.45, 2.75) is 25.3 Å². The smallest absolute Gasteiger partial charge is 0.0832 e. The van der Waals surface area contributed by atoms with Crippen LogP contribution in [-0.4, -0.2) is 15.5 Å². The van der Waals surface area contributed by atoms with Gasteiger partial charge in [0.25, 0.3) is 0 Å². The van der Waals surface area contributed by atoms with Crippen LogP contribution in [0.5, 0.6) is 0 Å². The lowest BCUT2D eigenvalue weighted by atomic mass is 9.93. The maximum atomic E-state index is 9.58. The van der Waals surface area contributed by atoms with Crippen LogP contribution in [0.25, 0.3) is 21.8 Å². The summed E-state index contributed by atoms with van der Waals surface area (Å²) in [5.74, 6) is 1.08. The first kappa shape index (κ1) is 12.3. The first-order valence-corrected chi connectivity index (χ1v) is 8.08. The predicted octanol–water partition coefficient (Wildman–Crippen LogP) is 4.60. The third kappa shape index (κ3) is 1.43. The second kappa shape index (κ2) is 4.35. The van der Waals surface area contributed by atoms with Crippen LogP contribution in [0.15, 0.2) is 53.7 Å². The molecule has 0 unspecified atom stereocenters. The Kier molecular flexibility index (Phi) is 2.43. The average Bonchev–Trinajstić information content (AvgIpc) is 3.25. The molecular weight excluding hydrogens is 272 g/mol. The third-order valence-corrected chi connectivity index (χ3v) is 5.65. The van der Waals surface area contributed by atoms with Crippen molar-refractivity contribution >= 4 is 27.5 Å². The van der Waals surface area contributed by atoms with Crippen LogP contribution in [0.1, 0.15) is 25.3 Å². The van der Waals surface area contributed by atoms with E-state index in [0.717, 1.165) is 5.71 Å². The fraction of sp³-hybridized carbons (Fsp3) is 0.316. The lowest BCUT2D eigenvalue weighted by Crippen LogP contribution is -2.25. The molecule has 2 fully saturated rings. The summed E-state index contributed by atoms with van der Waals surface area (Å²) in [5, 5.41) is 15.9. The summed E-state index contributed by atoms with van der Waals surface area (Å²) in [6.07, 6.45) is 3.60. The molecule has 1 aromatic heterocycles. The highest BCUT2D eigenvalue weighted by Gasteiger charge is 2.47. The fourth-order valence-corrected chi connectivity index (χ4v) is 4.79. The van der Waals surface area contributed by atoms with Gasteiger partial charge < -0.3 is 9.77 Å². The van der Waals surface area contributed by atoms with E-state index in [1.807, 2.05) is 0 Å². The number of rotatable bonds is 1. The highest BCUT2D eigenvalue weighted by atomic mass is 16.4. The molecule has 3 atom stereocenters. The molecule has 2 aromatic carbocycles. The molecule has 0 amide bonds. The maximum Gasteiger partial charge on any atom is 0.0832 e. The van der Waals surface area contributed by atoms with E-state index in [9.17, 15) is 5.21 Å². The Morgan fingerprint density at radius 2 is 1.55 bits per heavy atom. The summed E-state index contributed by atoms with van der Waals surface area (Å²) in [6, 6.07) is 17.4. The van der Waals surface area contributed by atoms with Crippen LogP contribution in [0.3, 0.4) is 0 Å². The van der Waals surface area contributed by atoms with Crippen LogP contribution >= 0.6 is 0 Å². The number of para-hydroxylation sites is 2. The molecule has 0 spiro atoms. The molecule has 2 aliphatic carbocycles. The van der Waals surface area contributed by atoms with Crippen molar-refractivity contribution < 1.29 is 5.21 Å². The Labute approximate surface area is 128 Å². The molecule has 22 heavy (non-hydrogen) atoms. The van der Waals surface area contributed by atoms with Crippen LogP contribution in [-0.2, 0) is 0 Å². The Bertz CT molecular complexity index is 855. The summed E-state index contributed by atoms with van der Waals surface area (Å²) >= 11 is 0. The van der Waals surface area contributed by atoms with Crippen LogP contribution in [0, 0.1) is 11.8 Å². The van der Waals surface area contributed by atoms with Gasteiger partial charge >= 0.3 is 0 Å². The van der Waals surface area contributed by atoms with E-state index in [4.69, 9.17) is 0 Å². The molecule has 2 bridgehead atoms. The Balaban J connectivity index is 1.87. The standard InChI is InChI=1S/C19H18N2O/c22-20-18-12-9-10-13(11-12)19(18)21-16-7-3-1-5-14(16)15-6-2-4-8-17(15)21/h1-8,12-13,19,22H,9-11H2/b20-18+/t12-,13+,19-/m0/s1. The maximum absolute atomic E-state index is 9.58. The molecule has 3 aromatic rings. The number of benzene rings is 2. The molecule has 1 N–H and O–H groups in total. The second-order valence-corrected chi connectivity index (χ2v) is 6.64. The zero-order chi connectivity index (χ0) is 14.7. The summed E-state index contributed by atoms with van der Waals surface area (Å²) < 4.78 is 2.42. The Morgan fingerprint density at radius 3 is 2.18 bits per heavy atom. The van der Waals surface area contributed by atoms with Crippen molar-refractivity contribution in [2.75, 3.05) is 0 Å².